The first-order valence-electron chi connectivity index (χ1n) is 8.55. The van der Waals surface area contributed by atoms with Crippen molar-refractivity contribution in [3.8, 4) is 17.6 Å². The topological polar surface area (TPSA) is 97.7 Å². The van der Waals surface area contributed by atoms with Crippen molar-refractivity contribution in [1.82, 2.24) is 25.2 Å². The highest BCUT2D eigenvalue weighted by Crippen LogP contribution is 2.16. The first kappa shape index (κ1) is 17.1. The van der Waals surface area contributed by atoms with Crippen LogP contribution in [0.1, 0.15) is 24.2 Å². The average molecular weight is 338 g/mol. The predicted octanol–water partition coefficient (Wildman–Crippen LogP) is 1.43. The number of rotatable bonds is 6. The third-order valence-electron chi connectivity index (χ3n) is 4.43. The van der Waals surface area contributed by atoms with Gasteiger partial charge in [0.1, 0.15) is 11.7 Å². The molecule has 7 heteroatoms. The fourth-order valence-corrected chi connectivity index (χ4v) is 3.07. The molecule has 25 heavy (non-hydrogen) atoms. The van der Waals surface area contributed by atoms with E-state index in [1.165, 1.54) is 0 Å². The molecule has 1 atom stereocenters. The number of hydrogen-bond donors (Lipinski definition) is 2. The second-order valence-corrected chi connectivity index (χ2v) is 6.17. The SMILES string of the molecule is Cc1[nH]c(-c2ccccn2)nc1CCNCC(=O)N1CCC[C@H]1C#N. The summed E-state index contributed by atoms with van der Waals surface area (Å²) in [7, 11) is 0. The first-order chi connectivity index (χ1) is 12.2. The second-order valence-electron chi connectivity index (χ2n) is 6.17. The fourth-order valence-electron chi connectivity index (χ4n) is 3.07. The minimum absolute atomic E-state index is 0.00280. The first-order valence-corrected chi connectivity index (χ1v) is 8.55. The molecule has 3 heterocycles. The van der Waals surface area contributed by atoms with Crippen LogP contribution in [0, 0.1) is 18.3 Å². The molecular formula is C18H22N6O. The van der Waals surface area contributed by atoms with Gasteiger partial charge in [0.25, 0.3) is 0 Å². The molecule has 0 unspecified atom stereocenters. The zero-order valence-electron chi connectivity index (χ0n) is 14.3. The Labute approximate surface area is 147 Å². The van der Waals surface area contributed by atoms with Gasteiger partial charge in [0.15, 0.2) is 5.82 Å². The van der Waals surface area contributed by atoms with Crippen LogP contribution in [0.3, 0.4) is 0 Å². The number of aryl methyl sites for hydroxylation is 1. The lowest BCUT2D eigenvalue weighted by Crippen LogP contribution is -2.41. The van der Waals surface area contributed by atoms with Crippen LogP contribution in [-0.2, 0) is 11.2 Å². The maximum Gasteiger partial charge on any atom is 0.237 e. The minimum atomic E-state index is -0.260. The van der Waals surface area contributed by atoms with Crippen LogP contribution in [0.2, 0.25) is 0 Å². The number of nitrogens with zero attached hydrogens (tertiary/aromatic N) is 4. The molecule has 7 nitrogen and oxygen atoms in total. The molecule has 1 fully saturated rings. The highest BCUT2D eigenvalue weighted by Gasteiger charge is 2.27. The minimum Gasteiger partial charge on any atom is -0.341 e. The molecule has 3 rings (SSSR count). The van der Waals surface area contributed by atoms with Crippen molar-refractivity contribution >= 4 is 5.91 Å². The molecule has 130 valence electrons. The summed E-state index contributed by atoms with van der Waals surface area (Å²) in [5.74, 6) is 0.759. The Bertz CT molecular complexity index is 764. The molecule has 1 saturated heterocycles. The van der Waals surface area contributed by atoms with Gasteiger partial charge in [-0.15, -0.1) is 0 Å². The zero-order chi connectivity index (χ0) is 17.6. The number of amides is 1. The average Bonchev–Trinajstić information content (AvgIpc) is 3.26. The Hall–Kier alpha value is -2.72. The number of aromatic amines is 1. The predicted molar refractivity (Wildman–Crippen MR) is 93.5 cm³/mol. The summed E-state index contributed by atoms with van der Waals surface area (Å²) in [6, 6.07) is 7.65. The summed E-state index contributed by atoms with van der Waals surface area (Å²) in [5.41, 5.74) is 2.80. The number of pyridine rings is 1. The van der Waals surface area contributed by atoms with Crippen LogP contribution in [0.5, 0.6) is 0 Å². The highest BCUT2D eigenvalue weighted by molar-refractivity contribution is 5.79. The van der Waals surface area contributed by atoms with Gasteiger partial charge < -0.3 is 15.2 Å². The maximum atomic E-state index is 12.2. The summed E-state index contributed by atoms with van der Waals surface area (Å²) in [4.78, 5) is 26.0. The molecule has 1 aliphatic heterocycles. The monoisotopic (exact) mass is 338 g/mol. The summed E-state index contributed by atoms with van der Waals surface area (Å²) in [6.07, 6.45) is 4.16. The number of nitriles is 1. The normalized spacial score (nSPS) is 16.8. The van der Waals surface area contributed by atoms with Crippen molar-refractivity contribution in [2.45, 2.75) is 32.2 Å². The highest BCUT2D eigenvalue weighted by atomic mass is 16.2. The third kappa shape index (κ3) is 4.03. The number of likely N-dealkylation sites (tertiary alicyclic amines) is 1. The molecule has 0 spiro atoms. The molecule has 0 aliphatic carbocycles. The van der Waals surface area contributed by atoms with Gasteiger partial charge in [0.2, 0.25) is 5.91 Å². The Morgan fingerprint density at radius 1 is 1.52 bits per heavy atom. The molecule has 1 aliphatic rings. The lowest BCUT2D eigenvalue weighted by molar-refractivity contribution is -0.130. The Kier molecular flexibility index (Phi) is 5.41. The molecule has 1 amide bonds. The van der Waals surface area contributed by atoms with Gasteiger partial charge in [-0.2, -0.15) is 5.26 Å². The number of imidazole rings is 1. The van der Waals surface area contributed by atoms with Crippen LogP contribution in [0.25, 0.3) is 11.5 Å². The largest absolute Gasteiger partial charge is 0.341 e. The molecule has 2 N–H and O–H groups in total. The standard InChI is InChI=1S/C18H22N6O/c1-13-15(23-18(22-13)16-6-2-3-8-21-16)7-9-20-12-17(25)24-10-4-5-14(24)11-19/h2-3,6,8,14,20H,4-5,7,9-10,12H2,1H3,(H,22,23)/t14-/m0/s1. The zero-order valence-corrected chi connectivity index (χ0v) is 14.3. The van der Waals surface area contributed by atoms with Crippen molar-refractivity contribution in [3.63, 3.8) is 0 Å². The van der Waals surface area contributed by atoms with E-state index in [0.29, 0.717) is 13.1 Å². The van der Waals surface area contributed by atoms with E-state index in [1.54, 1.807) is 11.1 Å². The number of hydrogen-bond acceptors (Lipinski definition) is 5. The van der Waals surface area contributed by atoms with Crippen molar-refractivity contribution < 1.29 is 4.79 Å². The molecule has 2 aromatic rings. The maximum absolute atomic E-state index is 12.2. The number of carbonyl (C=O) groups excluding carboxylic acids is 1. The van der Waals surface area contributed by atoms with Gasteiger partial charge in [-0.25, -0.2) is 4.98 Å². The van der Waals surface area contributed by atoms with Crippen LogP contribution in [0.4, 0.5) is 0 Å². The molecule has 0 bridgehead atoms. The van der Waals surface area contributed by atoms with Crippen LogP contribution < -0.4 is 5.32 Å². The van der Waals surface area contributed by atoms with E-state index in [4.69, 9.17) is 5.26 Å². The number of aromatic nitrogens is 3. The number of H-pyrrole nitrogens is 1. The smallest absolute Gasteiger partial charge is 0.237 e. The molecular weight excluding hydrogens is 316 g/mol. The van der Waals surface area contributed by atoms with Crippen LogP contribution in [-0.4, -0.2) is 51.4 Å². The molecule has 0 radical (unpaired) electrons. The van der Waals surface area contributed by atoms with Crippen molar-refractivity contribution in [2.75, 3.05) is 19.6 Å². The Morgan fingerprint density at radius 2 is 2.40 bits per heavy atom. The number of nitrogens with one attached hydrogen (secondary N) is 2. The summed E-state index contributed by atoms with van der Waals surface area (Å²) in [6.45, 7) is 3.59. The van der Waals surface area contributed by atoms with E-state index >= 15 is 0 Å². The Morgan fingerprint density at radius 3 is 3.16 bits per heavy atom. The van der Waals surface area contributed by atoms with E-state index in [1.807, 2.05) is 25.1 Å². The molecule has 0 saturated carbocycles. The second kappa shape index (κ2) is 7.90. The Balaban J connectivity index is 1.49. The lowest BCUT2D eigenvalue weighted by atomic mass is 10.2. The van der Waals surface area contributed by atoms with Crippen molar-refractivity contribution in [1.29, 1.82) is 5.26 Å². The van der Waals surface area contributed by atoms with Crippen LogP contribution >= 0.6 is 0 Å². The van der Waals surface area contributed by atoms with Gasteiger partial charge in [0.05, 0.1) is 18.3 Å². The fraction of sp³-hybridized carbons (Fsp3) is 0.444. The molecule has 2 aromatic heterocycles. The van der Waals surface area contributed by atoms with Crippen LogP contribution in [0.15, 0.2) is 24.4 Å². The van der Waals surface area contributed by atoms with Gasteiger partial charge in [0, 0.05) is 31.4 Å². The van der Waals surface area contributed by atoms with E-state index in [-0.39, 0.29) is 18.5 Å². The van der Waals surface area contributed by atoms with Crippen molar-refractivity contribution in [2.24, 2.45) is 0 Å². The summed E-state index contributed by atoms with van der Waals surface area (Å²) >= 11 is 0. The summed E-state index contributed by atoms with van der Waals surface area (Å²) < 4.78 is 0. The number of carbonyl (C=O) groups is 1. The van der Waals surface area contributed by atoms with E-state index in [0.717, 1.165) is 42.2 Å². The lowest BCUT2D eigenvalue weighted by Gasteiger charge is -2.19. The summed E-state index contributed by atoms with van der Waals surface area (Å²) in [5, 5.41) is 12.2. The van der Waals surface area contributed by atoms with E-state index < -0.39 is 0 Å². The van der Waals surface area contributed by atoms with Gasteiger partial charge in [-0.1, -0.05) is 6.07 Å². The van der Waals surface area contributed by atoms with Gasteiger partial charge in [-0.05, 0) is 31.9 Å². The van der Waals surface area contributed by atoms with Crippen molar-refractivity contribution in [3.05, 3.63) is 35.8 Å². The molecule has 0 aromatic carbocycles. The van der Waals surface area contributed by atoms with E-state index in [2.05, 4.69) is 26.3 Å². The quantitative estimate of drug-likeness (QED) is 0.777. The van der Waals surface area contributed by atoms with E-state index in [9.17, 15) is 4.79 Å². The van der Waals surface area contributed by atoms with Gasteiger partial charge >= 0.3 is 0 Å². The van der Waals surface area contributed by atoms with Gasteiger partial charge in [-0.3, -0.25) is 9.78 Å². The third-order valence-corrected chi connectivity index (χ3v) is 4.43.